The van der Waals surface area contributed by atoms with Gasteiger partial charge in [0.1, 0.15) is 17.0 Å². The van der Waals surface area contributed by atoms with Gasteiger partial charge in [0.15, 0.2) is 0 Å². The highest BCUT2D eigenvalue weighted by Crippen LogP contribution is 2.45. The molecule has 12 nitrogen and oxygen atoms in total. The summed E-state index contributed by atoms with van der Waals surface area (Å²) in [6.07, 6.45) is 6.28. The minimum atomic E-state index is -6.03. The zero-order valence-electron chi connectivity index (χ0n) is 39.7. The summed E-state index contributed by atoms with van der Waals surface area (Å²) >= 11 is 7.73. The molecule has 1 aliphatic carbocycles. The second-order valence-corrected chi connectivity index (χ2v) is 24.0. The quantitative estimate of drug-likeness (QED) is 0.104. The van der Waals surface area contributed by atoms with Crippen molar-refractivity contribution in [3.05, 3.63) is 107 Å². The number of halogens is 4. The maximum atomic E-state index is 14.3. The molecule has 2 saturated heterocycles. The summed E-state index contributed by atoms with van der Waals surface area (Å²) < 4.78 is 115. The number of allylic oxidation sites excluding steroid dienone is 1. The van der Waals surface area contributed by atoms with Crippen molar-refractivity contribution in [1.29, 1.82) is 0 Å². The number of nitrogens with one attached hydrogen (secondary N) is 2. The Hall–Kier alpha value is -3.75. The summed E-state index contributed by atoms with van der Waals surface area (Å²) in [6.45, 7) is 12.1. The highest BCUT2D eigenvalue weighted by Gasteiger charge is 2.48. The number of nitrogens with zero attached hydrogens (tertiary/aromatic N) is 5. The van der Waals surface area contributed by atoms with Gasteiger partial charge >= 0.3 is 5.51 Å². The van der Waals surface area contributed by atoms with Crippen LogP contribution in [0.25, 0.3) is 5.57 Å². The molecule has 2 N–H and O–H groups in total. The minimum absolute atomic E-state index is 0.0497. The molecule has 4 aliphatic rings. The number of likely N-dealkylation sites (tertiary alicyclic amines) is 1. The first-order valence-electron chi connectivity index (χ1n) is 23.7. The monoisotopic (exact) mass is 1020 g/mol. The van der Waals surface area contributed by atoms with Gasteiger partial charge in [0, 0.05) is 86.5 Å². The third kappa shape index (κ3) is 12.0. The van der Waals surface area contributed by atoms with E-state index in [2.05, 4.69) is 67.6 Å². The fourth-order valence-corrected chi connectivity index (χ4v) is 12.9. The number of morpholine rings is 1. The maximum absolute atomic E-state index is 14.3. The molecular weight excluding hydrogens is 955 g/mol. The number of hydrogen-bond acceptors (Lipinski definition) is 12. The zero-order valence-corrected chi connectivity index (χ0v) is 41.9. The summed E-state index contributed by atoms with van der Waals surface area (Å²) in [6, 6.07) is 19.1. The number of rotatable bonds is 16. The molecule has 0 bridgehead atoms. The van der Waals surface area contributed by atoms with E-state index in [1.54, 1.807) is 0 Å². The molecule has 0 amide bonds. The number of hydrogen-bond donors (Lipinski definition) is 2. The Balaban J connectivity index is 0.972. The fraction of sp³-hybridized carbons (Fsp3) is 0.510. The largest absolute Gasteiger partial charge is 0.501 e. The van der Waals surface area contributed by atoms with Crippen LogP contribution in [0, 0.1) is 5.41 Å². The third-order valence-corrected chi connectivity index (χ3v) is 18.0. The van der Waals surface area contributed by atoms with E-state index in [1.807, 2.05) is 42.5 Å². The van der Waals surface area contributed by atoms with Crippen molar-refractivity contribution in [3.8, 4) is 0 Å². The summed E-state index contributed by atoms with van der Waals surface area (Å²) in [5.74, 6) is 0.340. The zero-order chi connectivity index (χ0) is 49.2. The van der Waals surface area contributed by atoms with Crippen molar-refractivity contribution in [1.82, 2.24) is 24.7 Å². The van der Waals surface area contributed by atoms with E-state index in [9.17, 15) is 31.4 Å². The number of piperidine rings is 1. The summed E-state index contributed by atoms with van der Waals surface area (Å²) in [5, 5.41) is 3.76. The molecule has 368 valence electrons. The topological polar surface area (TPSA) is 137 Å². The molecule has 2 fully saturated rings. The Morgan fingerprint density at radius 3 is 2.38 bits per heavy atom. The van der Waals surface area contributed by atoms with Crippen molar-refractivity contribution < 1.29 is 36.1 Å². The molecule has 8 rings (SSSR count). The van der Waals surface area contributed by atoms with E-state index in [0.717, 1.165) is 49.4 Å². The molecule has 1 aromatic heterocycles. The van der Waals surface area contributed by atoms with Gasteiger partial charge < -0.3 is 10.1 Å². The average molecular weight is 1020 g/mol. The van der Waals surface area contributed by atoms with Crippen LogP contribution in [0.5, 0.6) is 0 Å². The molecule has 4 heterocycles. The predicted octanol–water partition coefficient (Wildman–Crippen LogP) is 9.39. The Morgan fingerprint density at radius 2 is 1.68 bits per heavy atom. The van der Waals surface area contributed by atoms with Crippen LogP contribution in [-0.4, -0.2) is 123 Å². The van der Waals surface area contributed by atoms with Crippen LogP contribution in [0.1, 0.15) is 77.5 Å². The molecular formula is C49H61ClF3N7O5S3. The molecule has 19 heteroatoms. The Labute approximate surface area is 409 Å². The summed E-state index contributed by atoms with van der Waals surface area (Å²) in [7, 11) is -10.7. The Kier molecular flexibility index (Phi) is 15.4. The first-order chi connectivity index (χ1) is 32.7. The number of sulfone groups is 1. The van der Waals surface area contributed by atoms with Crippen LogP contribution in [-0.2, 0) is 37.6 Å². The Bertz CT molecular complexity index is 2700. The first kappa shape index (κ1) is 49.2. The highest BCUT2D eigenvalue weighted by atomic mass is 35.5. The van der Waals surface area contributed by atoms with Gasteiger partial charge in [-0.05, 0) is 116 Å². The maximum Gasteiger partial charge on any atom is 0.501 e. The second kappa shape index (κ2) is 21.3. The highest BCUT2D eigenvalue weighted by molar-refractivity contribution is 7.99. The van der Waals surface area contributed by atoms with E-state index < -0.39 is 47.2 Å². The van der Waals surface area contributed by atoms with Crippen molar-refractivity contribution in [3.63, 3.8) is 0 Å². The number of anilines is 2. The van der Waals surface area contributed by atoms with E-state index >= 15 is 0 Å². The second-order valence-electron chi connectivity index (χ2n) is 18.9. The molecule has 4 aromatic rings. The lowest BCUT2D eigenvalue weighted by molar-refractivity contribution is -0.0435. The molecule has 0 radical (unpaired) electrons. The van der Waals surface area contributed by atoms with Gasteiger partial charge in [-0.2, -0.15) is 13.2 Å². The molecule has 0 saturated carbocycles. The van der Waals surface area contributed by atoms with Crippen LogP contribution < -0.4 is 10.0 Å². The van der Waals surface area contributed by atoms with Crippen molar-refractivity contribution >= 4 is 60.3 Å². The summed E-state index contributed by atoms with van der Waals surface area (Å²) in [4.78, 5) is 14.5. The van der Waals surface area contributed by atoms with Crippen LogP contribution in [0.2, 0.25) is 5.02 Å². The van der Waals surface area contributed by atoms with Crippen LogP contribution in [0.15, 0.2) is 99.4 Å². The smallest absolute Gasteiger partial charge is 0.380 e. The Morgan fingerprint density at radius 1 is 0.956 bits per heavy atom. The number of thioether (sulfide) groups is 1. The first-order valence-corrected chi connectivity index (χ1v) is 27.6. The van der Waals surface area contributed by atoms with Gasteiger partial charge in [0.2, 0.25) is 0 Å². The van der Waals surface area contributed by atoms with E-state index in [1.165, 1.54) is 34.8 Å². The van der Waals surface area contributed by atoms with E-state index in [0.29, 0.717) is 93.2 Å². The van der Waals surface area contributed by atoms with Crippen molar-refractivity contribution in [2.45, 2.75) is 111 Å². The fourth-order valence-electron chi connectivity index (χ4n) is 9.74. The molecule has 2 atom stereocenters. The van der Waals surface area contributed by atoms with Gasteiger partial charge in [-0.3, -0.25) is 19.4 Å². The van der Waals surface area contributed by atoms with Crippen LogP contribution in [0.3, 0.4) is 0 Å². The number of ether oxygens (including phenoxy) is 1. The third-order valence-electron chi connectivity index (χ3n) is 13.7. The van der Waals surface area contributed by atoms with Crippen LogP contribution in [0.4, 0.5) is 24.7 Å². The van der Waals surface area contributed by atoms with E-state index in [4.69, 9.17) is 16.3 Å². The normalized spacial score (nSPS) is 20.8. The van der Waals surface area contributed by atoms with Crippen LogP contribution >= 0.6 is 23.4 Å². The number of alkyl halides is 3. The lowest BCUT2D eigenvalue weighted by atomic mass is 9.71. The van der Waals surface area contributed by atoms with Gasteiger partial charge in [-0.25, -0.2) is 26.8 Å². The van der Waals surface area contributed by atoms with Crippen molar-refractivity contribution in [2.75, 3.05) is 68.3 Å². The molecule has 68 heavy (non-hydrogen) atoms. The lowest BCUT2D eigenvalue weighted by Gasteiger charge is -2.44. The molecule has 3 aliphatic heterocycles. The number of benzene rings is 3. The summed E-state index contributed by atoms with van der Waals surface area (Å²) in [5.41, 5.74) is -0.808. The standard InChI is InChI=1S/C49H61ClF3N7O5S3/c1-34(41-15-20-48(2,3)30-43(41)35-9-11-36(50)12-10-35)59-22-17-38(18-23-59)60-24-19-42-45(31-60)54-33-55-47(42)57-68(63,64)40-13-14-44(46(29-40)67(61,62)49(51,52)53)56-37(16-21-58-25-27-65-28-26-58)32-66-39-7-5-4-6-8-39/h4-14,29,33-34,37-38,56H,15-28,30-32H2,1-3H3,(H,54,55,57)/t34?,37-/m1/s1/i38D. The number of fused-ring (bicyclic) bond motifs is 1. The molecule has 0 spiro atoms. The van der Waals surface area contributed by atoms with Gasteiger partial charge in [0.05, 0.1) is 29.5 Å². The van der Waals surface area contributed by atoms with Gasteiger partial charge in [-0.1, -0.05) is 55.8 Å². The number of sulfonamides is 1. The van der Waals surface area contributed by atoms with Crippen molar-refractivity contribution in [2.24, 2.45) is 5.41 Å². The predicted molar refractivity (Wildman–Crippen MR) is 263 cm³/mol. The average Bonchev–Trinajstić information content (AvgIpc) is 3.32. The number of aromatic nitrogens is 2. The molecule has 3 aromatic carbocycles. The van der Waals surface area contributed by atoms with Gasteiger partial charge in [-0.15, -0.1) is 11.8 Å². The SMILES string of the molecule is [2H]C1(N2CCc3c(ncnc3NS(=O)(=O)c3ccc(N[C@H](CCN4CCOCC4)CSc4ccccc4)c(S(=O)(=O)C(F)(F)F)c3)C2)CCN(C(C)C2=C(c3ccc(Cl)cc3)CC(C)(C)CC2)CC1. The molecule has 1 unspecified atom stereocenters. The van der Waals surface area contributed by atoms with E-state index in [-0.39, 0.29) is 29.5 Å². The van der Waals surface area contributed by atoms with Gasteiger partial charge in [0.25, 0.3) is 19.9 Å². The minimum Gasteiger partial charge on any atom is -0.380 e. The lowest BCUT2D eigenvalue weighted by Crippen LogP contribution is -2.49.